The normalized spacial score (nSPS) is 24.0. The number of nitrogens with two attached hydrogens (primary N) is 1. The Labute approximate surface area is 555 Å². The van der Waals surface area contributed by atoms with Gasteiger partial charge in [-0.1, -0.05) is 83.4 Å². The van der Waals surface area contributed by atoms with Crippen molar-refractivity contribution in [1.82, 2.24) is 71.1 Å². The van der Waals surface area contributed by atoms with E-state index in [1.807, 2.05) is 0 Å². The fourth-order valence-corrected chi connectivity index (χ4v) is 18.9. The van der Waals surface area contributed by atoms with E-state index in [4.69, 9.17) is 25.1 Å². The molecule has 5 fully saturated rings. The number of carbonyl (C=O) groups is 11. The molecule has 0 saturated carbocycles. The lowest BCUT2D eigenvalue weighted by molar-refractivity contribution is -0.192. The van der Waals surface area contributed by atoms with E-state index >= 15 is 0 Å². The maximum Gasteiger partial charge on any atom is 0.352 e. The lowest BCUT2D eigenvalue weighted by Gasteiger charge is -2.56. The molecule has 0 bridgehead atoms. The van der Waals surface area contributed by atoms with Crippen LogP contribution in [-0.4, -0.2) is 240 Å². The fraction of sp³-hybridized carbons (Fsp3) is 0.404. The average Bonchev–Trinajstić information content (AvgIpc) is 1.27. The molecule has 10 N–H and O–H groups in total. The Kier molecular flexibility index (Phi) is 21.1. The third-order valence-corrected chi connectivity index (χ3v) is 24.0. The van der Waals surface area contributed by atoms with Crippen LogP contribution in [0.4, 0.5) is 0 Å². The van der Waals surface area contributed by atoms with Gasteiger partial charge in [-0.25, -0.2) is 28.5 Å². The number of methoxy groups -OCH3 is 3. The molecule has 2 aromatic heterocycles. The Balaban J connectivity index is 0.000000167. The van der Waals surface area contributed by atoms with Crippen LogP contribution >= 0.6 is 82.3 Å². The largest absolute Gasteiger partial charge is 0.496 e. The van der Waals surface area contributed by atoms with Crippen LogP contribution in [-0.2, 0) is 66.8 Å². The number of nitrogens with zero attached hydrogens (tertiary/aromatic N) is 11. The monoisotopic (exact) mass is 1420 g/mol. The summed E-state index contributed by atoms with van der Waals surface area (Å²) in [6.07, 6.45) is -1.42. The van der Waals surface area contributed by atoms with E-state index in [2.05, 4.69) is 47.0 Å². The number of aliphatic hydroxyl groups excluding tert-OH is 1. The van der Waals surface area contributed by atoms with Gasteiger partial charge in [0.25, 0.3) is 35.3 Å². The van der Waals surface area contributed by atoms with Gasteiger partial charge in [0.1, 0.15) is 72.9 Å². The second-order valence-corrected chi connectivity index (χ2v) is 29.3. The number of tetrazole rings is 2. The maximum absolute atomic E-state index is 13.2. The third kappa shape index (κ3) is 13.4. The minimum atomic E-state index is -1.81. The van der Waals surface area contributed by atoms with E-state index in [-0.39, 0.29) is 32.7 Å². The summed E-state index contributed by atoms with van der Waals surface area (Å²) in [5.41, 5.74) is 4.03. The first-order valence-corrected chi connectivity index (χ1v) is 33.6. The molecule has 8 atom stereocenters. The van der Waals surface area contributed by atoms with Gasteiger partial charge in [0, 0.05) is 49.0 Å². The molecule has 0 aliphatic carbocycles. The van der Waals surface area contributed by atoms with Gasteiger partial charge in [-0.05, 0) is 63.5 Å². The topological polar surface area (TPSA) is 476 Å². The molecule has 41 heteroatoms. The number of benzene rings is 2. The number of aromatic nitrogens is 8. The van der Waals surface area contributed by atoms with Gasteiger partial charge >= 0.3 is 23.9 Å². The summed E-state index contributed by atoms with van der Waals surface area (Å²) >= 11 is 8.07. The number of aliphatic hydroxyl groups is 1. The molecule has 4 aromatic rings. The Hall–Kier alpha value is -8.06. The first kappa shape index (κ1) is 69.3. The number of aliphatic carboxylic acids is 4. The average molecular weight is 1420 g/mol. The number of hydrogen-bond acceptors (Lipinski definition) is 28. The number of hydrogen-bond donors (Lipinski definition) is 9. The van der Waals surface area contributed by atoms with Gasteiger partial charge < -0.3 is 66.3 Å². The van der Waals surface area contributed by atoms with Gasteiger partial charge in [0.2, 0.25) is 22.1 Å². The van der Waals surface area contributed by atoms with Gasteiger partial charge in [-0.15, -0.1) is 45.5 Å². The fourth-order valence-electron chi connectivity index (χ4n) is 10.3. The standard InChI is InChI=1S/C18H18N6O5S2.C17H17N7O8S4.C17H20N2O6S/c1-23-18(20-21-22-23)31-8-10-7-30-16-11(15(27)24(16)12(10)17(28)29)19-14(26)13(25)9-5-3-2-4-6-9;1-23-16(20-21-22-23)34-4-5-3-33-15-17(32-2,14(31)24(15)7(5)11(29)30)19-9(26)13-35-12(36-13)6(8(18)25)10(27)28;1-17(2)12(16(22)23)19-14(21)11(15(19)26-17)18-13(20)10-8(24-3)6-5-7-9(10)25-4/h2-6,11,13,16,25H,7-8H2,1H3,(H,19,26)(H,28,29);13,15H,3-4H2,1-2H3,(H2,18,25)(H,19,26)(H,27,28)(H,29,30);5-7,11-12,15H,1-4H3,(H,18,20)(H,22,23)/t11-,13-,16-;13?,15-,17+;11-,12+,15-/m111/s1. The van der Waals surface area contributed by atoms with Crippen LogP contribution in [0, 0.1) is 0 Å². The van der Waals surface area contributed by atoms with Crippen LogP contribution in [0.2, 0.25) is 0 Å². The summed E-state index contributed by atoms with van der Waals surface area (Å²) in [7, 11) is 7.41. The summed E-state index contributed by atoms with van der Waals surface area (Å²) in [5.74, 6) is -7.94. The SMILES string of the molecule is CO[C@@]1(NC(=O)C2SC(=C(C(N)=O)C(=O)O)S2)C(=O)N2C(C(=O)O)=C(CSc3nnnn3C)CS[C@@H]21.COc1cccc(OC)c1C(=O)N[C@@H]1C(=O)N2[C@@H]1SC(C)(C)[C@@H]2C(=O)O.Cn1nnnc1SCC1=C(C(=O)O)N2C(=O)[C@@H](NC(=O)[C@H](O)c3ccccc3)[C@H]2SC1. The van der Waals surface area contributed by atoms with Crippen LogP contribution in [0.25, 0.3) is 0 Å². The molecular formula is C52H55N15O19S7. The molecule has 34 nitrogen and oxygen atoms in total. The van der Waals surface area contributed by atoms with Crippen molar-refractivity contribution >= 4 is 148 Å². The molecule has 7 aliphatic heterocycles. The first-order chi connectivity index (χ1) is 44.1. The van der Waals surface area contributed by atoms with Crippen molar-refractivity contribution in [2.24, 2.45) is 19.8 Å². The lowest BCUT2D eigenvalue weighted by Crippen LogP contribution is -2.81. The van der Waals surface area contributed by atoms with Crippen LogP contribution < -0.4 is 31.2 Å². The first-order valence-electron chi connectivity index (χ1n) is 26.9. The minimum absolute atomic E-state index is 0.0755. The molecule has 0 spiro atoms. The molecule has 494 valence electrons. The van der Waals surface area contributed by atoms with Gasteiger partial charge in [0.15, 0.2) is 6.10 Å². The van der Waals surface area contributed by atoms with E-state index in [1.165, 1.54) is 99.3 Å². The van der Waals surface area contributed by atoms with Crippen molar-refractivity contribution in [1.29, 1.82) is 0 Å². The highest BCUT2D eigenvalue weighted by Gasteiger charge is 2.68. The Morgan fingerprint density at radius 1 is 0.742 bits per heavy atom. The Bertz CT molecular complexity index is 3810. The van der Waals surface area contributed by atoms with Crippen LogP contribution in [0.5, 0.6) is 11.5 Å². The van der Waals surface area contributed by atoms with Crippen molar-refractivity contribution in [3.8, 4) is 11.5 Å². The zero-order valence-electron chi connectivity index (χ0n) is 49.4. The highest BCUT2D eigenvalue weighted by Crippen LogP contribution is 2.54. The van der Waals surface area contributed by atoms with Crippen molar-refractivity contribution < 1.29 is 92.5 Å². The number of rotatable bonds is 21. The Morgan fingerprint density at radius 3 is 1.78 bits per heavy atom. The van der Waals surface area contributed by atoms with Crippen molar-refractivity contribution in [2.75, 3.05) is 44.3 Å². The number of nitrogens with one attached hydrogen (secondary N) is 3. The summed E-state index contributed by atoms with van der Waals surface area (Å²) in [5, 5.41) is 77.6. The second-order valence-electron chi connectivity index (χ2n) is 20.7. The van der Waals surface area contributed by atoms with E-state index in [0.29, 0.717) is 50.0 Å². The molecule has 5 saturated heterocycles. The highest BCUT2D eigenvalue weighted by atomic mass is 32.3. The number of ether oxygens (including phenoxy) is 3. The quantitative estimate of drug-likeness (QED) is 0.0125. The molecule has 9 heterocycles. The van der Waals surface area contributed by atoms with E-state index in [1.54, 1.807) is 76.5 Å². The molecule has 0 radical (unpaired) electrons. The number of carboxylic acid groups (broad SMARTS) is 4. The number of thioether (sulfide) groups is 7. The number of aryl methyl sites for hydroxylation is 2. The number of carbonyl (C=O) groups excluding carboxylic acids is 7. The van der Waals surface area contributed by atoms with Gasteiger partial charge in [0.05, 0.1) is 18.5 Å². The molecule has 7 aliphatic rings. The van der Waals surface area contributed by atoms with E-state index in [9.17, 15) is 73.2 Å². The number of fused-ring (bicyclic) bond motifs is 3. The molecule has 93 heavy (non-hydrogen) atoms. The molecule has 7 amide bonds. The molecule has 2 aromatic carbocycles. The summed E-state index contributed by atoms with van der Waals surface area (Å²) in [6, 6.07) is 10.7. The predicted octanol–water partition coefficient (Wildman–Crippen LogP) is -0.674. The zero-order valence-corrected chi connectivity index (χ0v) is 55.1. The van der Waals surface area contributed by atoms with Crippen molar-refractivity contribution in [2.45, 2.75) is 79.6 Å². The lowest BCUT2D eigenvalue weighted by atomic mass is 9.96. The molecular weight excluding hydrogens is 1360 g/mol. The van der Waals surface area contributed by atoms with E-state index in [0.717, 1.165) is 28.4 Å². The summed E-state index contributed by atoms with van der Waals surface area (Å²) < 4.78 is 17.3. The van der Waals surface area contributed by atoms with E-state index < -0.39 is 126 Å². The van der Waals surface area contributed by atoms with Crippen LogP contribution in [0.1, 0.15) is 35.9 Å². The zero-order chi connectivity index (χ0) is 67.7. The third-order valence-electron chi connectivity index (χ3n) is 14.7. The predicted molar refractivity (Wildman–Crippen MR) is 333 cm³/mol. The number of carboxylic acids is 4. The van der Waals surface area contributed by atoms with Crippen molar-refractivity contribution in [3.05, 3.63) is 92.0 Å². The summed E-state index contributed by atoms with van der Waals surface area (Å²) in [4.78, 5) is 138. The summed E-state index contributed by atoms with van der Waals surface area (Å²) in [6.45, 7) is 3.56. The van der Waals surface area contributed by atoms with Crippen LogP contribution in [0.15, 0.2) is 91.2 Å². The number of primary amides is 1. The maximum atomic E-state index is 13.2. The van der Waals surface area contributed by atoms with Crippen molar-refractivity contribution in [3.63, 3.8) is 0 Å². The number of β-lactam (4-membered cyclic amide) rings is 3. The molecule has 11 rings (SSSR count). The number of amides is 7. The smallest absolute Gasteiger partial charge is 0.352 e. The highest BCUT2D eigenvalue weighted by molar-refractivity contribution is 8.39. The second kappa shape index (κ2) is 28.3. The van der Waals surface area contributed by atoms with Gasteiger partial charge in [-0.2, -0.15) is 0 Å². The van der Waals surface area contributed by atoms with Crippen LogP contribution in [0.3, 0.4) is 0 Å². The van der Waals surface area contributed by atoms with Gasteiger partial charge in [-0.3, -0.25) is 43.4 Å². The molecule has 0 unspecified atom stereocenters. The minimum Gasteiger partial charge on any atom is -0.496 e. The Morgan fingerprint density at radius 2 is 1.29 bits per heavy atom.